The molecule has 0 N–H and O–H groups in total. The van der Waals surface area contributed by atoms with Crippen molar-refractivity contribution in [3.05, 3.63) is 46.5 Å². The monoisotopic (exact) mass is 478 g/mol. The maximum atomic E-state index is 13.2. The van der Waals surface area contributed by atoms with Crippen LogP contribution in [-0.2, 0) is 24.1 Å². The van der Waals surface area contributed by atoms with Gasteiger partial charge < -0.3 is 28.7 Å². The summed E-state index contributed by atoms with van der Waals surface area (Å²) in [6.45, 7) is -8.53. The molecular weight excluding hydrogens is 432 g/mol. The lowest BCUT2D eigenvalue weighted by Gasteiger charge is -2.34. The van der Waals surface area contributed by atoms with E-state index in [0.717, 1.165) is 11.1 Å². The number of rotatable bonds is 10. The maximum absolute atomic E-state index is 13.2. The van der Waals surface area contributed by atoms with Crippen molar-refractivity contribution in [2.24, 2.45) is 0 Å². The van der Waals surface area contributed by atoms with E-state index in [1.165, 1.54) is 38.4 Å². The van der Waals surface area contributed by atoms with Crippen molar-refractivity contribution in [3.63, 3.8) is 0 Å². The second kappa shape index (κ2) is 10.6. The summed E-state index contributed by atoms with van der Waals surface area (Å²) in [5.74, 6) is -0.426. The van der Waals surface area contributed by atoms with Crippen molar-refractivity contribution in [3.8, 4) is 23.0 Å². The molecule has 0 aromatic heterocycles. The SMILES string of the molecule is [2H]C([2H])([2H])Oc1cc2c(cc1OC)CC2C([2H])([2H])N(C([2H])([2H])[2H])C([2H])([2H])CCN1CCc2cc(OC)c(OC)cc2CC1=O. The summed E-state index contributed by atoms with van der Waals surface area (Å²) < 4.78 is 103. The number of likely N-dealkylation sites (N-methyl/N-ethyl adjacent to an activating group) is 1. The zero-order valence-electron chi connectivity index (χ0n) is 29.6. The Bertz CT molecular complexity index is 1400. The molecule has 4 rings (SSSR count). The molecule has 184 valence electrons. The quantitative estimate of drug-likeness (QED) is 0.522. The van der Waals surface area contributed by atoms with Crippen molar-refractivity contribution >= 4 is 5.91 Å². The number of amides is 1. The number of hydrogen-bond acceptors (Lipinski definition) is 6. The molecule has 1 aliphatic carbocycles. The molecule has 2 aromatic carbocycles. The molecule has 0 saturated heterocycles. The van der Waals surface area contributed by atoms with Gasteiger partial charge in [-0.2, -0.15) is 0 Å². The Labute approximate surface area is 216 Å². The number of hydrogen-bond donors (Lipinski definition) is 0. The lowest BCUT2D eigenvalue weighted by molar-refractivity contribution is -0.130. The number of carbonyl (C=O) groups is 1. The van der Waals surface area contributed by atoms with Gasteiger partial charge in [0.2, 0.25) is 5.91 Å². The fourth-order valence-electron chi connectivity index (χ4n) is 4.42. The summed E-state index contributed by atoms with van der Waals surface area (Å²) in [5.41, 5.74) is 2.53. The number of benzene rings is 2. The minimum atomic E-state index is -3.20. The average molecular weight is 479 g/mol. The summed E-state index contributed by atoms with van der Waals surface area (Å²) in [6.07, 6.45) is 0.0725. The second-order valence-electron chi connectivity index (χ2n) is 8.22. The third kappa shape index (κ3) is 4.94. The van der Waals surface area contributed by atoms with Crippen LogP contribution in [-0.4, -0.2) is 77.1 Å². The standard InChI is InChI=1S/C27H36N2O5/c1-28(17-21-11-20-14-25(33-4)26(34-5)16-22(20)21)8-6-9-29-10-7-18-12-23(31-2)24(32-3)13-19(18)15-27(29)30/h12-14,16,21H,6-11,15,17H2,1-5H3/i1D3,5D3,8D2,17D2. The Hall–Kier alpha value is -2.93. The summed E-state index contributed by atoms with van der Waals surface area (Å²) in [6, 6.07) is 6.35. The molecule has 0 fully saturated rings. The number of ether oxygens (including phenoxy) is 4. The predicted molar refractivity (Wildman–Crippen MR) is 132 cm³/mol. The van der Waals surface area contributed by atoms with Crippen molar-refractivity contribution < 1.29 is 37.4 Å². The van der Waals surface area contributed by atoms with E-state index in [4.69, 9.17) is 32.7 Å². The van der Waals surface area contributed by atoms with Gasteiger partial charge in [0.05, 0.1) is 38.9 Å². The van der Waals surface area contributed by atoms with Gasteiger partial charge in [-0.05, 0) is 79.3 Å². The van der Waals surface area contributed by atoms with Gasteiger partial charge in [-0.1, -0.05) is 0 Å². The van der Waals surface area contributed by atoms with Crippen molar-refractivity contribution in [2.75, 3.05) is 61.4 Å². The summed E-state index contributed by atoms with van der Waals surface area (Å²) >= 11 is 0. The number of methoxy groups -OCH3 is 4. The Morgan fingerprint density at radius 3 is 2.35 bits per heavy atom. The molecule has 1 amide bonds. The van der Waals surface area contributed by atoms with E-state index in [2.05, 4.69) is 0 Å². The van der Waals surface area contributed by atoms with E-state index in [0.29, 0.717) is 29.0 Å². The highest BCUT2D eigenvalue weighted by Crippen LogP contribution is 2.42. The Morgan fingerprint density at radius 2 is 1.68 bits per heavy atom. The normalized spacial score (nSPS) is 22.9. The summed E-state index contributed by atoms with van der Waals surface area (Å²) in [7, 11) is 1.52. The molecule has 7 nitrogen and oxygen atoms in total. The van der Waals surface area contributed by atoms with Crippen molar-refractivity contribution in [1.82, 2.24) is 9.80 Å². The molecule has 34 heavy (non-hydrogen) atoms. The van der Waals surface area contributed by atoms with Gasteiger partial charge in [-0.3, -0.25) is 4.79 Å². The van der Waals surface area contributed by atoms with Gasteiger partial charge >= 0.3 is 0 Å². The van der Waals surface area contributed by atoms with Crippen LogP contribution in [0.15, 0.2) is 24.3 Å². The van der Waals surface area contributed by atoms with E-state index >= 15 is 0 Å². The Balaban J connectivity index is 1.56. The third-order valence-corrected chi connectivity index (χ3v) is 6.32. The Kier molecular flexibility index (Phi) is 4.49. The lowest BCUT2D eigenvalue weighted by atomic mass is 9.77. The van der Waals surface area contributed by atoms with Crippen LogP contribution in [0.2, 0.25) is 0 Å². The van der Waals surface area contributed by atoms with Gasteiger partial charge in [-0.25, -0.2) is 0 Å². The fraction of sp³-hybridized carbons (Fsp3) is 0.519. The van der Waals surface area contributed by atoms with E-state index in [1.54, 1.807) is 12.1 Å². The second-order valence-corrected chi connectivity index (χ2v) is 8.22. The first-order valence-electron chi connectivity index (χ1n) is 16.0. The van der Waals surface area contributed by atoms with Gasteiger partial charge in [0.1, 0.15) is 0 Å². The zero-order chi connectivity index (χ0) is 32.8. The Morgan fingerprint density at radius 1 is 1.00 bits per heavy atom. The number of fused-ring (bicyclic) bond motifs is 2. The first-order valence-corrected chi connectivity index (χ1v) is 11.0. The predicted octanol–water partition coefficient (Wildman–Crippen LogP) is 3.31. The van der Waals surface area contributed by atoms with E-state index in [1.807, 2.05) is 0 Å². The molecule has 1 aliphatic heterocycles. The largest absolute Gasteiger partial charge is 0.493 e. The van der Waals surface area contributed by atoms with E-state index in [-0.39, 0.29) is 48.2 Å². The van der Waals surface area contributed by atoms with Gasteiger partial charge in [-0.15, -0.1) is 0 Å². The number of carbonyl (C=O) groups excluding carboxylic acids is 1. The van der Waals surface area contributed by atoms with Gasteiger partial charge in [0, 0.05) is 35.1 Å². The molecule has 0 spiro atoms. The molecular formula is C27H36N2O5. The molecule has 7 heteroatoms. The van der Waals surface area contributed by atoms with Crippen molar-refractivity contribution in [2.45, 2.75) is 31.6 Å². The topological polar surface area (TPSA) is 60.5 Å². The van der Waals surface area contributed by atoms with Gasteiger partial charge in [0.15, 0.2) is 23.0 Å². The summed E-state index contributed by atoms with van der Waals surface area (Å²) in [4.78, 5) is 14.9. The molecule has 2 aliphatic rings. The molecule has 1 atom stereocenters. The number of nitrogens with zero attached hydrogens (tertiary/aromatic N) is 2. The highest BCUT2D eigenvalue weighted by atomic mass is 16.5. The molecule has 1 heterocycles. The van der Waals surface area contributed by atoms with Crippen LogP contribution in [0.25, 0.3) is 0 Å². The lowest BCUT2D eigenvalue weighted by Crippen LogP contribution is -2.36. The van der Waals surface area contributed by atoms with Crippen LogP contribution >= 0.6 is 0 Å². The minimum Gasteiger partial charge on any atom is -0.493 e. The molecule has 0 saturated carbocycles. The van der Waals surface area contributed by atoms with Gasteiger partial charge in [0.25, 0.3) is 0 Å². The molecule has 2 aromatic rings. The first-order chi connectivity index (χ1) is 20.3. The van der Waals surface area contributed by atoms with Crippen LogP contribution in [0, 0.1) is 0 Å². The third-order valence-electron chi connectivity index (χ3n) is 6.32. The highest BCUT2D eigenvalue weighted by Gasteiger charge is 2.29. The van der Waals surface area contributed by atoms with E-state index in [9.17, 15) is 4.79 Å². The zero-order valence-corrected chi connectivity index (χ0v) is 19.6. The minimum absolute atomic E-state index is 0.0332. The highest BCUT2D eigenvalue weighted by molar-refractivity contribution is 5.80. The summed E-state index contributed by atoms with van der Waals surface area (Å²) in [5, 5.41) is 0. The van der Waals surface area contributed by atoms with Crippen LogP contribution in [0.1, 0.15) is 48.3 Å². The smallest absolute Gasteiger partial charge is 0.227 e. The van der Waals surface area contributed by atoms with E-state index < -0.39 is 39.3 Å². The van der Waals surface area contributed by atoms with Crippen LogP contribution < -0.4 is 18.9 Å². The molecule has 0 radical (unpaired) electrons. The molecule has 1 unspecified atom stereocenters. The maximum Gasteiger partial charge on any atom is 0.227 e. The average Bonchev–Trinajstić information content (AvgIpc) is 3.03. The van der Waals surface area contributed by atoms with Crippen LogP contribution in [0.5, 0.6) is 23.0 Å². The first kappa shape index (κ1) is 14.5. The molecule has 0 bridgehead atoms. The fourth-order valence-corrected chi connectivity index (χ4v) is 4.42. The van der Waals surface area contributed by atoms with Crippen LogP contribution in [0.3, 0.4) is 0 Å². The van der Waals surface area contributed by atoms with Crippen LogP contribution in [0.4, 0.5) is 0 Å². The van der Waals surface area contributed by atoms with Crippen molar-refractivity contribution in [1.29, 1.82) is 0 Å².